The van der Waals surface area contributed by atoms with Crippen molar-refractivity contribution in [1.29, 1.82) is 0 Å². The standard InChI is InChI=1S/C19H29NP/c1-12-10-16-17(21(9)14(3)19(16,6)7)11-15(12)18(4,5)13(2)20-8/h10-11H,1-9H3/q+1. The van der Waals surface area contributed by atoms with E-state index in [0.717, 1.165) is 0 Å². The molecule has 0 aromatic heterocycles. The van der Waals surface area contributed by atoms with Crippen molar-refractivity contribution in [3.05, 3.63) is 28.8 Å². The van der Waals surface area contributed by atoms with Crippen LogP contribution in [-0.4, -0.2) is 24.7 Å². The van der Waals surface area contributed by atoms with Crippen molar-refractivity contribution in [3.8, 4) is 0 Å². The molecule has 1 heterocycles. The van der Waals surface area contributed by atoms with E-state index in [2.05, 4.69) is 72.3 Å². The lowest BCUT2D eigenvalue weighted by Gasteiger charge is -2.28. The molecule has 1 aromatic rings. The molecule has 0 saturated carbocycles. The fraction of sp³-hybridized carbons (Fsp3) is 0.579. The zero-order valence-corrected chi connectivity index (χ0v) is 15.9. The number of benzene rings is 1. The van der Waals surface area contributed by atoms with Gasteiger partial charge in [-0.2, -0.15) is 0 Å². The van der Waals surface area contributed by atoms with Crippen LogP contribution in [0.25, 0.3) is 0 Å². The Kier molecular flexibility index (Phi) is 3.96. The second kappa shape index (κ2) is 5.06. The number of aryl methyl sites for hydroxylation is 1. The van der Waals surface area contributed by atoms with Gasteiger partial charge in [-0.05, 0) is 51.8 Å². The number of fused-ring (bicyclic) bond motifs is 1. The number of hydrogen-bond donors (Lipinski definition) is 0. The summed E-state index contributed by atoms with van der Waals surface area (Å²) < 4.78 is 0. The molecule has 1 atom stereocenters. The SMILES string of the molecule is CN=C(C)C(C)(C)c1cc2c(cc1C)C(C)(C)C(C)=[P+]2C. The van der Waals surface area contributed by atoms with Crippen LogP contribution in [0.1, 0.15) is 58.2 Å². The van der Waals surface area contributed by atoms with Crippen molar-refractivity contribution >= 4 is 23.9 Å². The number of aliphatic imine (C=N–C) groups is 1. The second-order valence-corrected chi connectivity index (χ2v) is 9.66. The van der Waals surface area contributed by atoms with Crippen molar-refractivity contribution < 1.29 is 0 Å². The lowest BCUT2D eigenvalue weighted by atomic mass is 9.75. The van der Waals surface area contributed by atoms with E-state index in [1.54, 1.807) is 10.6 Å². The first-order valence-electron chi connectivity index (χ1n) is 7.72. The highest BCUT2D eigenvalue weighted by Gasteiger charge is 2.43. The van der Waals surface area contributed by atoms with Gasteiger partial charge in [0.2, 0.25) is 0 Å². The Morgan fingerprint density at radius 2 is 1.76 bits per heavy atom. The van der Waals surface area contributed by atoms with Crippen LogP contribution in [0.15, 0.2) is 17.1 Å². The van der Waals surface area contributed by atoms with Crippen LogP contribution in [0.5, 0.6) is 0 Å². The molecular formula is C19H29NP+. The topological polar surface area (TPSA) is 12.4 Å². The summed E-state index contributed by atoms with van der Waals surface area (Å²) in [6.45, 7) is 18.5. The maximum atomic E-state index is 4.45. The van der Waals surface area contributed by atoms with Gasteiger partial charge >= 0.3 is 0 Å². The fourth-order valence-electron chi connectivity index (χ4n) is 3.42. The molecule has 21 heavy (non-hydrogen) atoms. The molecule has 0 radical (unpaired) electrons. The van der Waals surface area contributed by atoms with Crippen molar-refractivity contribution in [1.82, 2.24) is 0 Å². The maximum Gasteiger partial charge on any atom is 0.152 e. The Morgan fingerprint density at radius 1 is 1.19 bits per heavy atom. The molecule has 1 aliphatic heterocycles. The Morgan fingerprint density at radius 3 is 2.29 bits per heavy atom. The van der Waals surface area contributed by atoms with Crippen LogP contribution < -0.4 is 5.30 Å². The lowest BCUT2D eigenvalue weighted by Crippen LogP contribution is -2.30. The van der Waals surface area contributed by atoms with Gasteiger partial charge in [-0.3, -0.25) is 4.99 Å². The lowest BCUT2D eigenvalue weighted by molar-refractivity contribution is 0.699. The molecule has 0 saturated heterocycles. The quantitative estimate of drug-likeness (QED) is 0.560. The van der Waals surface area contributed by atoms with E-state index in [4.69, 9.17) is 0 Å². The number of nitrogens with zero attached hydrogens (tertiary/aromatic N) is 1. The molecular weight excluding hydrogens is 273 g/mol. The summed E-state index contributed by atoms with van der Waals surface area (Å²) in [5.74, 6) is 0. The Labute approximate surface area is 131 Å². The van der Waals surface area contributed by atoms with Gasteiger partial charge in [0, 0.05) is 23.7 Å². The summed E-state index contributed by atoms with van der Waals surface area (Å²) in [4.78, 5) is 4.45. The first-order valence-corrected chi connectivity index (χ1v) is 9.51. The van der Waals surface area contributed by atoms with Gasteiger partial charge in [-0.1, -0.05) is 19.9 Å². The van der Waals surface area contributed by atoms with E-state index in [1.165, 1.54) is 22.4 Å². The van der Waals surface area contributed by atoms with Crippen LogP contribution in [0, 0.1) is 6.92 Å². The molecule has 0 spiro atoms. The Hall–Kier alpha value is -0.940. The molecule has 0 aliphatic carbocycles. The molecule has 114 valence electrons. The summed E-state index contributed by atoms with van der Waals surface area (Å²) in [6, 6.07) is 4.91. The number of rotatable bonds is 2. The van der Waals surface area contributed by atoms with Crippen LogP contribution in [0.3, 0.4) is 0 Å². The van der Waals surface area contributed by atoms with Crippen molar-refractivity contribution in [2.75, 3.05) is 13.7 Å². The molecule has 2 heteroatoms. The predicted molar refractivity (Wildman–Crippen MR) is 99.4 cm³/mol. The third-order valence-corrected chi connectivity index (χ3v) is 8.36. The van der Waals surface area contributed by atoms with Gasteiger partial charge in [-0.25, -0.2) is 0 Å². The number of hydrogen-bond acceptors (Lipinski definition) is 1. The van der Waals surface area contributed by atoms with Gasteiger partial charge in [0.15, 0.2) is 5.30 Å². The minimum absolute atomic E-state index is 0.00464. The van der Waals surface area contributed by atoms with Gasteiger partial charge in [0.1, 0.15) is 19.5 Å². The summed E-state index contributed by atoms with van der Waals surface area (Å²) in [5, 5.41) is 3.22. The highest BCUT2D eigenvalue weighted by Crippen LogP contribution is 2.43. The highest BCUT2D eigenvalue weighted by atomic mass is 31.1. The third kappa shape index (κ3) is 2.30. The first-order chi connectivity index (χ1) is 9.55. The largest absolute Gasteiger partial charge is 0.297 e. The predicted octanol–water partition coefficient (Wildman–Crippen LogP) is 4.58. The molecule has 0 bridgehead atoms. The second-order valence-electron chi connectivity index (χ2n) is 7.39. The molecule has 1 aliphatic rings. The highest BCUT2D eigenvalue weighted by molar-refractivity contribution is 7.66. The maximum absolute atomic E-state index is 4.45. The van der Waals surface area contributed by atoms with Gasteiger partial charge in [0.05, 0.1) is 5.41 Å². The zero-order chi connectivity index (χ0) is 16.2. The summed E-state index contributed by atoms with van der Waals surface area (Å²) in [7, 11) is 1.74. The summed E-state index contributed by atoms with van der Waals surface area (Å²) >= 11 is 0. The minimum Gasteiger partial charge on any atom is -0.297 e. The molecule has 1 nitrogen and oxygen atoms in total. The van der Waals surface area contributed by atoms with Crippen LogP contribution >= 0.6 is 7.55 Å². The average Bonchev–Trinajstić information content (AvgIpc) is 2.58. The first kappa shape index (κ1) is 16.4. The normalized spacial score (nSPS) is 20.0. The molecule has 0 amide bonds. The summed E-state index contributed by atoms with van der Waals surface area (Å²) in [5.41, 5.74) is 5.79. The fourth-order valence-corrected chi connectivity index (χ4v) is 5.77. The molecule has 1 unspecified atom stereocenters. The third-order valence-electron chi connectivity index (χ3n) is 5.70. The van der Waals surface area contributed by atoms with Crippen molar-refractivity contribution in [2.24, 2.45) is 4.99 Å². The van der Waals surface area contributed by atoms with E-state index in [-0.39, 0.29) is 18.4 Å². The average molecular weight is 302 g/mol. The Balaban J connectivity index is 2.72. The molecule has 2 rings (SSSR count). The van der Waals surface area contributed by atoms with E-state index >= 15 is 0 Å². The van der Waals surface area contributed by atoms with E-state index in [0.29, 0.717) is 0 Å². The van der Waals surface area contributed by atoms with Crippen LogP contribution in [-0.2, 0) is 10.8 Å². The molecule has 0 fully saturated rings. The van der Waals surface area contributed by atoms with E-state index < -0.39 is 0 Å². The van der Waals surface area contributed by atoms with Gasteiger partial charge in [-0.15, -0.1) is 0 Å². The van der Waals surface area contributed by atoms with Gasteiger partial charge < -0.3 is 0 Å². The van der Waals surface area contributed by atoms with Crippen LogP contribution in [0.2, 0.25) is 0 Å². The zero-order valence-electron chi connectivity index (χ0n) is 15.0. The van der Waals surface area contributed by atoms with Gasteiger partial charge in [0.25, 0.3) is 0 Å². The van der Waals surface area contributed by atoms with Crippen molar-refractivity contribution in [2.45, 2.75) is 59.3 Å². The molecule has 1 aromatic carbocycles. The van der Waals surface area contributed by atoms with E-state index in [1.807, 2.05) is 7.05 Å². The van der Waals surface area contributed by atoms with Crippen molar-refractivity contribution in [3.63, 3.8) is 0 Å². The summed E-state index contributed by atoms with van der Waals surface area (Å²) in [6.07, 6.45) is 0. The monoisotopic (exact) mass is 302 g/mol. The molecule has 0 N–H and O–H groups in total. The van der Waals surface area contributed by atoms with Crippen LogP contribution in [0.4, 0.5) is 0 Å². The minimum atomic E-state index is -0.153. The Bertz CT molecular complexity index is 660. The smallest absolute Gasteiger partial charge is 0.152 e. The van der Waals surface area contributed by atoms with E-state index in [9.17, 15) is 0 Å².